The van der Waals surface area contributed by atoms with Gasteiger partial charge in [0.05, 0.1) is 12.2 Å². The van der Waals surface area contributed by atoms with Gasteiger partial charge in [0.1, 0.15) is 5.76 Å². The van der Waals surface area contributed by atoms with Crippen molar-refractivity contribution in [2.45, 2.75) is 13.8 Å². The molecule has 2 aliphatic rings. The number of ether oxygens (including phenoxy) is 1. The Hall–Kier alpha value is -2.42. The maximum atomic E-state index is 12.4. The summed E-state index contributed by atoms with van der Waals surface area (Å²) in [6.45, 7) is 4.43. The summed E-state index contributed by atoms with van der Waals surface area (Å²) < 4.78 is 5.77. The van der Waals surface area contributed by atoms with E-state index >= 15 is 0 Å². The highest BCUT2D eigenvalue weighted by molar-refractivity contribution is 6.53. The summed E-state index contributed by atoms with van der Waals surface area (Å²) >= 11 is 0. The fourth-order valence-corrected chi connectivity index (χ4v) is 3.32. The van der Waals surface area contributed by atoms with Crippen molar-refractivity contribution in [3.8, 4) is 0 Å². The minimum atomic E-state index is -0.412. The average Bonchev–Trinajstić information content (AvgIpc) is 2.86. The zero-order valence-corrected chi connectivity index (χ0v) is 11.9. The topological polar surface area (TPSA) is 43.4 Å². The van der Waals surface area contributed by atoms with Gasteiger partial charge in [-0.15, -0.1) is 0 Å². The Morgan fingerprint density at radius 1 is 1.05 bits per heavy atom. The largest absolute Gasteiger partial charge is 0.492 e. The van der Waals surface area contributed by atoms with E-state index in [-0.39, 0.29) is 5.92 Å². The van der Waals surface area contributed by atoms with Crippen LogP contribution in [0.2, 0.25) is 0 Å². The van der Waals surface area contributed by atoms with Crippen molar-refractivity contribution in [1.82, 2.24) is 0 Å². The first-order chi connectivity index (χ1) is 10.1. The lowest BCUT2D eigenvalue weighted by Crippen LogP contribution is -2.25. The predicted octanol–water partition coefficient (Wildman–Crippen LogP) is 3.29. The van der Waals surface area contributed by atoms with Crippen LogP contribution in [0.15, 0.2) is 35.9 Å². The van der Waals surface area contributed by atoms with Crippen LogP contribution in [-0.4, -0.2) is 18.2 Å². The van der Waals surface area contributed by atoms with Gasteiger partial charge in [0, 0.05) is 17.0 Å². The number of carbonyl (C=O) groups is 2. The van der Waals surface area contributed by atoms with E-state index in [1.807, 2.05) is 38.1 Å². The quantitative estimate of drug-likeness (QED) is 0.694. The third-order valence-electron chi connectivity index (χ3n) is 4.42. The molecule has 21 heavy (non-hydrogen) atoms. The zero-order valence-electron chi connectivity index (χ0n) is 11.9. The highest BCUT2D eigenvalue weighted by atomic mass is 16.5. The predicted molar refractivity (Wildman–Crippen MR) is 80.1 cm³/mol. The zero-order chi connectivity index (χ0) is 14.7. The monoisotopic (exact) mass is 278 g/mol. The van der Waals surface area contributed by atoms with Gasteiger partial charge in [-0.3, -0.25) is 9.59 Å². The molecular formula is C18H14O3. The molecule has 0 fully saturated rings. The Labute approximate surface area is 122 Å². The van der Waals surface area contributed by atoms with Gasteiger partial charge >= 0.3 is 0 Å². The van der Waals surface area contributed by atoms with E-state index in [1.54, 1.807) is 6.07 Å². The molecule has 0 saturated carbocycles. The molecule has 0 saturated heterocycles. The number of benzene rings is 2. The van der Waals surface area contributed by atoms with E-state index in [9.17, 15) is 9.59 Å². The van der Waals surface area contributed by atoms with Gasteiger partial charge in [-0.05, 0) is 29.3 Å². The molecule has 0 radical (unpaired) electrons. The number of rotatable bonds is 0. The Kier molecular flexibility index (Phi) is 2.37. The van der Waals surface area contributed by atoms with Crippen molar-refractivity contribution in [1.29, 1.82) is 0 Å². The number of ketones is 2. The summed E-state index contributed by atoms with van der Waals surface area (Å²) in [5.41, 5.74) is 2.94. The van der Waals surface area contributed by atoms with Crippen molar-refractivity contribution < 1.29 is 14.3 Å². The van der Waals surface area contributed by atoms with Crippen molar-refractivity contribution in [2.75, 3.05) is 6.61 Å². The minimum absolute atomic E-state index is 0.0235. The van der Waals surface area contributed by atoms with Crippen LogP contribution in [-0.2, 0) is 9.53 Å². The van der Waals surface area contributed by atoms with E-state index in [4.69, 9.17) is 4.74 Å². The smallest absolute Gasteiger partial charge is 0.234 e. The lowest BCUT2D eigenvalue weighted by Gasteiger charge is -2.19. The first kappa shape index (κ1) is 12.3. The Bertz CT molecular complexity index is 858. The molecular weight excluding hydrogens is 264 g/mol. The second kappa shape index (κ2) is 4.04. The van der Waals surface area contributed by atoms with E-state index in [2.05, 4.69) is 0 Å². The highest BCUT2D eigenvalue weighted by Crippen LogP contribution is 2.42. The number of fused-ring (bicyclic) bond motifs is 4. The lowest BCUT2D eigenvalue weighted by atomic mass is 9.82. The standard InChI is InChI=1S/C18H14O3/c1-9-4-3-5-12-11(9)6-7-13-15(12)18-14(10(2)8-21-18)17(20)16(13)19/h3-7,10H,8H2,1-2H3/t10-/m1/s1. The average molecular weight is 278 g/mol. The molecule has 2 aromatic rings. The van der Waals surface area contributed by atoms with Crippen LogP contribution >= 0.6 is 0 Å². The maximum absolute atomic E-state index is 12.4. The Morgan fingerprint density at radius 3 is 2.67 bits per heavy atom. The maximum Gasteiger partial charge on any atom is 0.234 e. The van der Waals surface area contributed by atoms with Crippen LogP contribution in [0.25, 0.3) is 16.5 Å². The van der Waals surface area contributed by atoms with Crippen LogP contribution in [0.4, 0.5) is 0 Å². The van der Waals surface area contributed by atoms with Gasteiger partial charge in [0.25, 0.3) is 0 Å². The fraction of sp³-hybridized carbons (Fsp3) is 0.222. The third-order valence-corrected chi connectivity index (χ3v) is 4.42. The Balaban J connectivity index is 2.16. The normalized spacial score (nSPS) is 20.6. The molecule has 2 aromatic carbocycles. The summed E-state index contributed by atoms with van der Waals surface area (Å²) in [4.78, 5) is 24.7. The van der Waals surface area contributed by atoms with E-state index in [1.165, 1.54) is 0 Å². The first-order valence-corrected chi connectivity index (χ1v) is 7.08. The first-order valence-electron chi connectivity index (χ1n) is 7.08. The number of carbonyl (C=O) groups excluding carboxylic acids is 2. The summed E-state index contributed by atoms with van der Waals surface area (Å²) in [6.07, 6.45) is 0. The van der Waals surface area contributed by atoms with Crippen LogP contribution in [0.3, 0.4) is 0 Å². The second-order valence-electron chi connectivity index (χ2n) is 5.77. The molecule has 1 aliphatic carbocycles. The van der Waals surface area contributed by atoms with E-state index < -0.39 is 11.6 Å². The minimum Gasteiger partial charge on any atom is -0.492 e. The van der Waals surface area contributed by atoms with Gasteiger partial charge in [-0.25, -0.2) is 0 Å². The summed E-state index contributed by atoms with van der Waals surface area (Å²) in [7, 11) is 0. The number of hydrogen-bond donors (Lipinski definition) is 0. The molecule has 1 atom stereocenters. The van der Waals surface area contributed by atoms with Crippen LogP contribution in [0, 0.1) is 12.8 Å². The van der Waals surface area contributed by atoms with Crippen LogP contribution < -0.4 is 0 Å². The van der Waals surface area contributed by atoms with Crippen molar-refractivity contribution in [3.63, 3.8) is 0 Å². The molecule has 3 heteroatoms. The molecule has 3 nitrogen and oxygen atoms in total. The summed E-state index contributed by atoms with van der Waals surface area (Å²) in [6, 6.07) is 9.66. The van der Waals surface area contributed by atoms with Gasteiger partial charge in [0.15, 0.2) is 0 Å². The van der Waals surface area contributed by atoms with Gasteiger partial charge < -0.3 is 4.74 Å². The van der Waals surface area contributed by atoms with Gasteiger partial charge in [0.2, 0.25) is 11.6 Å². The summed E-state index contributed by atoms with van der Waals surface area (Å²) in [5, 5.41) is 2.07. The SMILES string of the molecule is Cc1cccc2c3c(ccc12)C(=O)C(=O)C1=C3OC[C@H]1C. The Morgan fingerprint density at radius 2 is 1.86 bits per heavy atom. The second-order valence-corrected chi connectivity index (χ2v) is 5.77. The lowest BCUT2D eigenvalue weighted by molar-refractivity contribution is -0.112. The molecule has 0 amide bonds. The molecule has 1 aliphatic heterocycles. The fourth-order valence-electron chi connectivity index (χ4n) is 3.32. The van der Waals surface area contributed by atoms with Crippen LogP contribution in [0.5, 0.6) is 0 Å². The van der Waals surface area contributed by atoms with Crippen molar-refractivity contribution in [3.05, 3.63) is 52.6 Å². The number of Topliss-reactive ketones (excluding diaryl/α,β-unsaturated/α-hetero) is 2. The molecule has 104 valence electrons. The third kappa shape index (κ3) is 1.49. The number of aryl methyl sites for hydroxylation is 1. The molecule has 0 bridgehead atoms. The highest BCUT2D eigenvalue weighted by Gasteiger charge is 2.40. The number of hydrogen-bond acceptors (Lipinski definition) is 3. The molecule has 0 spiro atoms. The molecule has 0 unspecified atom stereocenters. The van der Waals surface area contributed by atoms with E-state index in [0.29, 0.717) is 23.5 Å². The molecule has 1 heterocycles. The molecule has 0 aromatic heterocycles. The van der Waals surface area contributed by atoms with Gasteiger partial charge in [-0.1, -0.05) is 31.2 Å². The van der Waals surface area contributed by atoms with Crippen molar-refractivity contribution in [2.24, 2.45) is 5.92 Å². The van der Waals surface area contributed by atoms with Crippen molar-refractivity contribution >= 4 is 28.1 Å². The van der Waals surface area contributed by atoms with E-state index in [0.717, 1.165) is 21.9 Å². The molecule has 0 N–H and O–H groups in total. The summed E-state index contributed by atoms with van der Waals surface area (Å²) in [5.74, 6) is -0.234. The molecule has 4 rings (SSSR count). The van der Waals surface area contributed by atoms with Crippen LogP contribution in [0.1, 0.15) is 28.4 Å². The van der Waals surface area contributed by atoms with Gasteiger partial charge in [-0.2, -0.15) is 0 Å².